The topological polar surface area (TPSA) is 52.6 Å². The third kappa shape index (κ3) is 3.53. The van der Waals surface area contributed by atoms with Gasteiger partial charge in [-0.05, 0) is 37.6 Å². The number of amides is 3. The maximum atomic E-state index is 13.0. The SMILES string of the molecule is CCCN(CN1C(=O)NC2(C1=O)C(C)CCCC2C)CC(F)(F)F. The molecule has 24 heavy (non-hydrogen) atoms. The fourth-order valence-electron chi connectivity index (χ4n) is 4.05. The van der Waals surface area contributed by atoms with E-state index in [1.54, 1.807) is 6.92 Å². The lowest BCUT2D eigenvalue weighted by atomic mass is 9.67. The summed E-state index contributed by atoms with van der Waals surface area (Å²) in [5, 5.41) is 2.81. The average Bonchev–Trinajstić information content (AvgIpc) is 2.69. The number of urea groups is 1. The Kier molecular flexibility index (Phi) is 5.47. The van der Waals surface area contributed by atoms with Crippen molar-refractivity contribution in [1.29, 1.82) is 0 Å². The van der Waals surface area contributed by atoms with E-state index in [1.807, 2.05) is 13.8 Å². The summed E-state index contributed by atoms with van der Waals surface area (Å²) in [6.07, 6.45) is -1.21. The molecular formula is C16H26F3N3O2. The van der Waals surface area contributed by atoms with Gasteiger partial charge in [0.25, 0.3) is 5.91 Å². The van der Waals surface area contributed by atoms with Crippen LogP contribution in [0.4, 0.5) is 18.0 Å². The monoisotopic (exact) mass is 349 g/mol. The van der Waals surface area contributed by atoms with Gasteiger partial charge in [0.2, 0.25) is 0 Å². The summed E-state index contributed by atoms with van der Waals surface area (Å²) in [6.45, 7) is 4.35. The van der Waals surface area contributed by atoms with Gasteiger partial charge >= 0.3 is 12.2 Å². The highest BCUT2D eigenvalue weighted by molar-refractivity contribution is 6.07. The molecule has 0 bridgehead atoms. The van der Waals surface area contributed by atoms with Crippen molar-refractivity contribution in [2.24, 2.45) is 11.8 Å². The van der Waals surface area contributed by atoms with Crippen molar-refractivity contribution in [3.05, 3.63) is 0 Å². The quantitative estimate of drug-likeness (QED) is 0.777. The molecule has 0 aromatic carbocycles. The van der Waals surface area contributed by atoms with Crippen LogP contribution in [0.3, 0.4) is 0 Å². The Labute approximate surface area is 140 Å². The summed E-state index contributed by atoms with van der Waals surface area (Å²) in [4.78, 5) is 27.4. The molecule has 2 aliphatic rings. The van der Waals surface area contributed by atoms with Crippen LogP contribution in [0.25, 0.3) is 0 Å². The Balaban J connectivity index is 2.18. The molecule has 0 aromatic heterocycles. The number of rotatable bonds is 5. The van der Waals surface area contributed by atoms with E-state index in [1.165, 1.54) is 0 Å². The standard InChI is InChI=1S/C16H26F3N3O2/c1-4-8-21(9-15(17,18)19)10-22-13(23)16(20-14(22)24)11(2)6-5-7-12(16)3/h11-12H,4-10H2,1-3H3,(H,20,24). The molecule has 2 rings (SSSR count). The van der Waals surface area contributed by atoms with Crippen LogP contribution < -0.4 is 5.32 Å². The fourth-order valence-corrected chi connectivity index (χ4v) is 4.05. The van der Waals surface area contributed by atoms with Gasteiger partial charge in [0.1, 0.15) is 5.54 Å². The van der Waals surface area contributed by atoms with Gasteiger partial charge in [-0.2, -0.15) is 13.2 Å². The molecule has 1 aliphatic carbocycles. The van der Waals surface area contributed by atoms with E-state index in [-0.39, 0.29) is 31.0 Å². The van der Waals surface area contributed by atoms with E-state index in [0.717, 1.165) is 29.1 Å². The van der Waals surface area contributed by atoms with Gasteiger partial charge in [-0.15, -0.1) is 0 Å². The molecule has 1 saturated heterocycles. The smallest absolute Gasteiger partial charge is 0.323 e. The molecule has 1 N–H and O–H groups in total. The predicted octanol–water partition coefficient (Wildman–Crippen LogP) is 2.96. The summed E-state index contributed by atoms with van der Waals surface area (Å²) in [5.74, 6) is -0.426. The second kappa shape index (κ2) is 6.90. The first-order valence-corrected chi connectivity index (χ1v) is 8.55. The maximum Gasteiger partial charge on any atom is 0.401 e. The summed E-state index contributed by atoms with van der Waals surface area (Å²) in [7, 11) is 0. The van der Waals surface area contributed by atoms with E-state index in [4.69, 9.17) is 0 Å². The summed E-state index contributed by atoms with van der Waals surface area (Å²) in [5.41, 5.74) is -0.967. The minimum atomic E-state index is -4.36. The normalized spacial score (nSPS) is 31.2. The number of carbonyl (C=O) groups is 2. The number of hydrogen-bond acceptors (Lipinski definition) is 3. The molecule has 1 saturated carbocycles. The summed E-state index contributed by atoms with van der Waals surface area (Å²) < 4.78 is 38.2. The van der Waals surface area contributed by atoms with Gasteiger partial charge in [0.15, 0.2) is 0 Å². The first kappa shape index (κ1) is 19.0. The molecule has 2 fully saturated rings. The van der Waals surface area contributed by atoms with Crippen molar-refractivity contribution < 1.29 is 22.8 Å². The van der Waals surface area contributed by atoms with Crippen LogP contribution in [0.1, 0.15) is 46.5 Å². The zero-order chi connectivity index (χ0) is 18.1. The molecular weight excluding hydrogens is 323 g/mol. The molecule has 8 heteroatoms. The number of nitrogens with zero attached hydrogens (tertiary/aromatic N) is 2. The van der Waals surface area contributed by atoms with Crippen molar-refractivity contribution in [2.75, 3.05) is 19.8 Å². The van der Waals surface area contributed by atoms with Crippen LogP contribution in [0.15, 0.2) is 0 Å². The third-order valence-corrected chi connectivity index (χ3v) is 5.27. The van der Waals surface area contributed by atoms with Crippen LogP contribution in [-0.2, 0) is 4.79 Å². The van der Waals surface area contributed by atoms with E-state index in [2.05, 4.69) is 5.32 Å². The molecule has 0 aromatic rings. The second-order valence-corrected chi connectivity index (χ2v) is 7.07. The Bertz CT molecular complexity index is 485. The molecule has 5 nitrogen and oxygen atoms in total. The largest absolute Gasteiger partial charge is 0.401 e. The lowest BCUT2D eigenvalue weighted by Crippen LogP contribution is -2.59. The number of hydrogen-bond donors (Lipinski definition) is 1. The number of imide groups is 1. The Morgan fingerprint density at radius 1 is 1.25 bits per heavy atom. The van der Waals surface area contributed by atoms with Crippen molar-refractivity contribution in [3.63, 3.8) is 0 Å². The summed E-state index contributed by atoms with van der Waals surface area (Å²) in [6, 6.07) is -0.580. The van der Waals surface area contributed by atoms with Crippen LogP contribution in [0.5, 0.6) is 0 Å². The highest BCUT2D eigenvalue weighted by Gasteiger charge is 2.58. The van der Waals surface area contributed by atoms with Gasteiger partial charge in [0.05, 0.1) is 13.2 Å². The van der Waals surface area contributed by atoms with E-state index >= 15 is 0 Å². The zero-order valence-corrected chi connectivity index (χ0v) is 14.4. The van der Waals surface area contributed by atoms with Crippen LogP contribution in [-0.4, -0.2) is 53.2 Å². The lowest BCUT2D eigenvalue weighted by molar-refractivity contribution is -0.154. The van der Waals surface area contributed by atoms with Crippen molar-refractivity contribution in [1.82, 2.24) is 15.1 Å². The first-order chi connectivity index (χ1) is 11.1. The minimum absolute atomic E-state index is 0.0232. The lowest BCUT2D eigenvalue weighted by Gasteiger charge is -2.42. The zero-order valence-electron chi connectivity index (χ0n) is 14.4. The first-order valence-electron chi connectivity index (χ1n) is 8.55. The number of carbonyl (C=O) groups excluding carboxylic acids is 2. The Morgan fingerprint density at radius 2 is 1.83 bits per heavy atom. The van der Waals surface area contributed by atoms with Gasteiger partial charge < -0.3 is 5.32 Å². The third-order valence-electron chi connectivity index (χ3n) is 5.27. The summed E-state index contributed by atoms with van der Waals surface area (Å²) >= 11 is 0. The van der Waals surface area contributed by atoms with Crippen molar-refractivity contribution in [3.8, 4) is 0 Å². The average molecular weight is 349 g/mol. The number of nitrogens with one attached hydrogen (secondary N) is 1. The molecule has 1 aliphatic heterocycles. The van der Waals surface area contributed by atoms with Crippen molar-refractivity contribution >= 4 is 11.9 Å². The van der Waals surface area contributed by atoms with Crippen LogP contribution in [0.2, 0.25) is 0 Å². The maximum absolute atomic E-state index is 13.0. The molecule has 2 unspecified atom stereocenters. The van der Waals surface area contributed by atoms with E-state index in [0.29, 0.717) is 6.42 Å². The van der Waals surface area contributed by atoms with Gasteiger partial charge in [0, 0.05) is 0 Å². The molecule has 2 atom stereocenters. The Hall–Kier alpha value is -1.31. The van der Waals surface area contributed by atoms with Gasteiger partial charge in [-0.3, -0.25) is 9.69 Å². The highest BCUT2D eigenvalue weighted by Crippen LogP contribution is 2.42. The van der Waals surface area contributed by atoms with Gasteiger partial charge in [-0.25, -0.2) is 9.69 Å². The number of halogens is 3. The highest BCUT2D eigenvalue weighted by atomic mass is 19.4. The minimum Gasteiger partial charge on any atom is -0.323 e. The molecule has 1 spiro atoms. The Morgan fingerprint density at radius 3 is 2.33 bits per heavy atom. The second-order valence-electron chi connectivity index (χ2n) is 7.07. The van der Waals surface area contributed by atoms with Crippen molar-refractivity contribution in [2.45, 2.75) is 58.2 Å². The van der Waals surface area contributed by atoms with E-state index in [9.17, 15) is 22.8 Å². The van der Waals surface area contributed by atoms with Gasteiger partial charge in [-0.1, -0.05) is 27.2 Å². The van der Waals surface area contributed by atoms with E-state index < -0.39 is 24.3 Å². The van der Waals surface area contributed by atoms with Crippen LogP contribution >= 0.6 is 0 Å². The van der Waals surface area contributed by atoms with Crippen LogP contribution in [0, 0.1) is 11.8 Å². The molecule has 138 valence electrons. The predicted molar refractivity (Wildman–Crippen MR) is 83.1 cm³/mol. The fraction of sp³-hybridized carbons (Fsp3) is 0.875. The molecule has 3 amide bonds. The molecule has 1 heterocycles. The molecule has 0 radical (unpaired) electrons. The number of alkyl halides is 3.